The molecule has 0 saturated heterocycles. The summed E-state index contributed by atoms with van der Waals surface area (Å²) in [4.78, 5) is 18.6. The van der Waals surface area contributed by atoms with Gasteiger partial charge >= 0.3 is 0 Å². The largest absolute Gasteiger partial charge is 0.283 e. The van der Waals surface area contributed by atoms with Crippen LogP contribution in [0, 0.1) is 6.92 Å². The van der Waals surface area contributed by atoms with Gasteiger partial charge in [0.25, 0.3) is 15.6 Å². The van der Waals surface area contributed by atoms with E-state index in [1.54, 1.807) is 36.4 Å². The zero-order chi connectivity index (χ0) is 25.6. The van der Waals surface area contributed by atoms with Crippen molar-refractivity contribution in [2.75, 3.05) is 0 Å². The summed E-state index contributed by atoms with van der Waals surface area (Å²) in [6, 6.07) is 23.6. The second-order valence-electron chi connectivity index (χ2n) is 8.55. The molecule has 3 aromatic carbocycles. The third-order valence-electron chi connectivity index (χ3n) is 6.17. The maximum absolute atomic E-state index is 13.4. The van der Waals surface area contributed by atoms with Crippen LogP contribution in [0.5, 0.6) is 0 Å². The average molecular weight is 525 g/mol. The minimum Gasteiger partial charge on any atom is -0.267 e. The van der Waals surface area contributed by atoms with Crippen molar-refractivity contribution in [3.8, 4) is 11.1 Å². The Kier molecular flexibility index (Phi) is 5.58. The first kappa shape index (κ1) is 23.1. The number of nitrogens with zero attached hydrogens (tertiary/aromatic N) is 4. The van der Waals surface area contributed by atoms with Crippen LogP contribution in [0.25, 0.3) is 32.2 Å². The Hall–Kier alpha value is -4.34. The number of benzene rings is 3. The van der Waals surface area contributed by atoms with Crippen molar-refractivity contribution in [2.45, 2.75) is 11.8 Å². The van der Waals surface area contributed by atoms with Crippen LogP contribution in [0.3, 0.4) is 0 Å². The molecule has 3 heterocycles. The lowest BCUT2D eigenvalue weighted by Gasteiger charge is -2.07. The molecule has 37 heavy (non-hydrogen) atoms. The summed E-state index contributed by atoms with van der Waals surface area (Å²) < 4.78 is 29.3. The van der Waals surface area contributed by atoms with E-state index in [1.165, 1.54) is 38.7 Å². The Morgan fingerprint density at radius 3 is 2.46 bits per heavy atom. The Morgan fingerprint density at radius 2 is 1.68 bits per heavy atom. The molecule has 0 radical (unpaired) electrons. The Balaban J connectivity index is 1.45. The van der Waals surface area contributed by atoms with E-state index >= 15 is 0 Å². The molecule has 9 heteroatoms. The third-order valence-corrected chi connectivity index (χ3v) is 8.74. The summed E-state index contributed by atoms with van der Waals surface area (Å²) in [5.41, 5.74) is 3.50. The van der Waals surface area contributed by atoms with Gasteiger partial charge in [-0.25, -0.2) is 17.4 Å². The van der Waals surface area contributed by atoms with E-state index in [1.807, 2.05) is 54.8 Å². The fourth-order valence-electron chi connectivity index (χ4n) is 4.26. The Labute approximate surface area is 216 Å². The van der Waals surface area contributed by atoms with Gasteiger partial charge in [-0.05, 0) is 30.7 Å². The molecule has 0 spiro atoms. The van der Waals surface area contributed by atoms with Gasteiger partial charge in [0.15, 0.2) is 0 Å². The van der Waals surface area contributed by atoms with Crippen LogP contribution < -0.4 is 5.56 Å². The third kappa shape index (κ3) is 3.98. The van der Waals surface area contributed by atoms with Crippen molar-refractivity contribution >= 4 is 48.7 Å². The highest BCUT2D eigenvalue weighted by atomic mass is 32.2. The number of hydrogen-bond donors (Lipinski definition) is 0. The summed E-state index contributed by atoms with van der Waals surface area (Å²) in [6.45, 7) is 1.91. The number of aromatic nitrogens is 3. The molecule has 7 nitrogen and oxygen atoms in total. The molecule has 0 aliphatic heterocycles. The topological polar surface area (TPSA) is 86.3 Å². The highest BCUT2D eigenvalue weighted by molar-refractivity contribution is 7.90. The molecule has 0 saturated carbocycles. The fraction of sp³-hybridized carbons (Fsp3) is 0.0357. The number of fused-ring (bicyclic) bond motifs is 2. The number of para-hydroxylation sites is 1. The van der Waals surface area contributed by atoms with Crippen molar-refractivity contribution in [3.05, 3.63) is 118 Å². The van der Waals surface area contributed by atoms with E-state index in [2.05, 4.69) is 10.1 Å². The zero-order valence-corrected chi connectivity index (χ0v) is 21.3. The van der Waals surface area contributed by atoms with Gasteiger partial charge in [0.2, 0.25) is 0 Å². The van der Waals surface area contributed by atoms with Gasteiger partial charge in [-0.2, -0.15) is 9.78 Å². The fourth-order valence-corrected chi connectivity index (χ4v) is 6.55. The molecule has 0 N–H and O–H groups in total. The van der Waals surface area contributed by atoms with Gasteiger partial charge in [-0.15, -0.1) is 11.3 Å². The Bertz CT molecular complexity index is 1970. The Morgan fingerprint density at radius 1 is 0.946 bits per heavy atom. The highest BCUT2D eigenvalue weighted by Crippen LogP contribution is 2.30. The minimum absolute atomic E-state index is 0.194. The molecule has 0 bridgehead atoms. The standard InChI is InChI=1S/C28H20N4O3S2/c1-19-11-13-22(14-12-19)37(34,35)32-16-21(23-9-5-6-10-25(23)32)15-30-31-18-29-27-26(28(31)33)24(17-36-27)20-7-3-2-4-8-20/h2-18H,1H3/b30-15-. The monoisotopic (exact) mass is 524 g/mol. The molecular weight excluding hydrogens is 504 g/mol. The lowest BCUT2D eigenvalue weighted by Crippen LogP contribution is -2.16. The van der Waals surface area contributed by atoms with Crippen LogP contribution in [0.2, 0.25) is 0 Å². The molecular formula is C28H20N4O3S2. The van der Waals surface area contributed by atoms with E-state index in [0.717, 1.165) is 16.7 Å². The van der Waals surface area contributed by atoms with Crippen molar-refractivity contribution in [1.82, 2.24) is 13.6 Å². The molecule has 0 amide bonds. The van der Waals surface area contributed by atoms with Crippen molar-refractivity contribution in [3.63, 3.8) is 0 Å². The summed E-state index contributed by atoms with van der Waals surface area (Å²) in [7, 11) is -3.83. The maximum atomic E-state index is 13.4. The first-order valence-corrected chi connectivity index (χ1v) is 13.8. The number of hydrogen-bond acceptors (Lipinski definition) is 6. The van der Waals surface area contributed by atoms with Gasteiger partial charge in [0, 0.05) is 28.1 Å². The van der Waals surface area contributed by atoms with Crippen LogP contribution in [0.1, 0.15) is 11.1 Å². The van der Waals surface area contributed by atoms with Crippen LogP contribution in [0.4, 0.5) is 0 Å². The first-order valence-electron chi connectivity index (χ1n) is 11.4. The molecule has 6 aromatic rings. The van der Waals surface area contributed by atoms with Crippen LogP contribution in [-0.2, 0) is 10.0 Å². The summed E-state index contributed by atoms with van der Waals surface area (Å²) >= 11 is 1.41. The summed E-state index contributed by atoms with van der Waals surface area (Å²) in [5.74, 6) is 0. The molecule has 6 rings (SSSR count). The predicted octanol–water partition coefficient (Wildman–Crippen LogP) is 5.51. The van der Waals surface area contributed by atoms with Crippen molar-refractivity contribution in [2.24, 2.45) is 5.10 Å². The van der Waals surface area contributed by atoms with Crippen LogP contribution in [-0.4, -0.2) is 28.3 Å². The van der Waals surface area contributed by atoms with Gasteiger partial charge in [-0.1, -0.05) is 66.2 Å². The summed E-state index contributed by atoms with van der Waals surface area (Å²) in [6.07, 6.45) is 4.40. The molecule has 0 aliphatic rings. The molecule has 0 aliphatic carbocycles. The maximum Gasteiger partial charge on any atom is 0.283 e. The average Bonchev–Trinajstić information content (AvgIpc) is 3.52. The first-order chi connectivity index (χ1) is 17.9. The molecule has 0 fully saturated rings. The van der Waals surface area contributed by atoms with Gasteiger partial charge in [0.1, 0.15) is 11.2 Å². The van der Waals surface area contributed by atoms with E-state index < -0.39 is 10.0 Å². The van der Waals surface area contributed by atoms with Gasteiger partial charge in [0.05, 0.1) is 22.0 Å². The normalized spacial score (nSPS) is 12.1. The number of aryl methyl sites for hydroxylation is 1. The lowest BCUT2D eigenvalue weighted by atomic mass is 10.1. The predicted molar refractivity (Wildman–Crippen MR) is 148 cm³/mol. The van der Waals surface area contributed by atoms with E-state index in [4.69, 9.17) is 0 Å². The van der Waals surface area contributed by atoms with E-state index in [9.17, 15) is 13.2 Å². The minimum atomic E-state index is -3.83. The van der Waals surface area contributed by atoms with Gasteiger partial charge < -0.3 is 0 Å². The van der Waals surface area contributed by atoms with Crippen LogP contribution >= 0.6 is 11.3 Å². The number of thiophene rings is 1. The quantitative estimate of drug-likeness (QED) is 0.279. The lowest BCUT2D eigenvalue weighted by molar-refractivity contribution is 0.589. The van der Waals surface area contributed by atoms with E-state index in [-0.39, 0.29) is 10.5 Å². The molecule has 0 unspecified atom stereocenters. The SMILES string of the molecule is Cc1ccc(S(=O)(=O)n2cc(/C=N\n3cnc4scc(-c5ccccc5)c4c3=O)c3ccccc32)cc1. The van der Waals surface area contributed by atoms with Crippen molar-refractivity contribution in [1.29, 1.82) is 0 Å². The van der Waals surface area contributed by atoms with Crippen molar-refractivity contribution < 1.29 is 8.42 Å². The number of rotatable bonds is 5. The smallest absolute Gasteiger partial charge is 0.267 e. The molecule has 182 valence electrons. The second-order valence-corrected chi connectivity index (χ2v) is 11.2. The summed E-state index contributed by atoms with van der Waals surface area (Å²) in [5, 5.41) is 7.51. The zero-order valence-electron chi connectivity index (χ0n) is 19.6. The van der Waals surface area contributed by atoms with Crippen LogP contribution in [0.15, 0.2) is 112 Å². The second kappa shape index (κ2) is 8.95. The highest BCUT2D eigenvalue weighted by Gasteiger charge is 2.21. The van der Waals surface area contributed by atoms with E-state index in [0.29, 0.717) is 26.7 Å². The van der Waals surface area contributed by atoms with Gasteiger partial charge in [-0.3, -0.25) is 4.79 Å². The molecule has 3 aromatic heterocycles. The molecule has 0 atom stereocenters.